The van der Waals surface area contributed by atoms with Gasteiger partial charge in [0.15, 0.2) is 5.96 Å². The Morgan fingerprint density at radius 2 is 1.74 bits per heavy atom. The van der Waals surface area contributed by atoms with Crippen molar-refractivity contribution in [2.45, 2.75) is 6.42 Å². The Bertz CT molecular complexity index is 740. The molecule has 146 valence electrons. The lowest BCUT2D eigenvalue weighted by molar-refractivity contribution is 0.0954. The molecule has 6 nitrogen and oxygen atoms in total. The molecule has 0 aliphatic carbocycles. The van der Waals surface area contributed by atoms with Crippen LogP contribution in [0.4, 0.5) is 0 Å². The number of amides is 1. The molecule has 0 spiro atoms. The van der Waals surface area contributed by atoms with Crippen molar-refractivity contribution < 1.29 is 4.79 Å². The van der Waals surface area contributed by atoms with Gasteiger partial charge in [0.05, 0.1) is 0 Å². The number of guanidine groups is 1. The van der Waals surface area contributed by atoms with Crippen LogP contribution in [0.25, 0.3) is 0 Å². The number of halogens is 3. The first-order chi connectivity index (χ1) is 12.6. The van der Waals surface area contributed by atoms with E-state index < -0.39 is 0 Å². The van der Waals surface area contributed by atoms with Gasteiger partial charge in [0.2, 0.25) is 0 Å². The number of nitrogens with zero attached hydrogens (tertiary/aromatic N) is 2. The van der Waals surface area contributed by atoms with Crippen molar-refractivity contribution in [3.63, 3.8) is 0 Å². The Balaban J connectivity index is 0.00000364. The SMILES string of the molecule is CN=C(NCCNC(=O)c1ccc(Br)cc1)NCCc1ccc(Cl)nc1.I. The summed E-state index contributed by atoms with van der Waals surface area (Å²) in [4.78, 5) is 20.2. The maximum absolute atomic E-state index is 12.0. The molecule has 0 bridgehead atoms. The Hall–Kier alpha value is -1.39. The van der Waals surface area contributed by atoms with Crippen LogP contribution in [-0.4, -0.2) is 43.5 Å². The van der Waals surface area contributed by atoms with Gasteiger partial charge < -0.3 is 16.0 Å². The summed E-state index contributed by atoms with van der Waals surface area (Å²) >= 11 is 9.12. The fourth-order valence-electron chi connectivity index (χ4n) is 2.16. The average Bonchev–Trinajstić information content (AvgIpc) is 2.65. The van der Waals surface area contributed by atoms with Crippen molar-refractivity contribution in [2.24, 2.45) is 4.99 Å². The first-order valence-electron chi connectivity index (χ1n) is 8.17. The van der Waals surface area contributed by atoms with Gasteiger partial charge in [-0.15, -0.1) is 24.0 Å². The maximum Gasteiger partial charge on any atom is 0.251 e. The van der Waals surface area contributed by atoms with Crippen LogP contribution in [-0.2, 0) is 6.42 Å². The highest BCUT2D eigenvalue weighted by Gasteiger charge is 2.04. The van der Waals surface area contributed by atoms with E-state index in [1.165, 1.54) is 0 Å². The van der Waals surface area contributed by atoms with Crippen molar-refractivity contribution in [1.82, 2.24) is 20.9 Å². The van der Waals surface area contributed by atoms with E-state index in [0.717, 1.165) is 16.5 Å². The fourth-order valence-corrected chi connectivity index (χ4v) is 2.54. The van der Waals surface area contributed by atoms with Gasteiger partial charge >= 0.3 is 0 Å². The van der Waals surface area contributed by atoms with E-state index in [2.05, 4.69) is 41.9 Å². The van der Waals surface area contributed by atoms with Gasteiger partial charge in [0.25, 0.3) is 5.91 Å². The monoisotopic (exact) mass is 565 g/mol. The highest BCUT2D eigenvalue weighted by Crippen LogP contribution is 2.10. The molecule has 2 aromatic rings. The molecule has 3 N–H and O–H groups in total. The van der Waals surface area contributed by atoms with Crippen molar-refractivity contribution >= 4 is 63.4 Å². The number of pyridine rings is 1. The average molecular weight is 567 g/mol. The summed E-state index contributed by atoms with van der Waals surface area (Å²) in [5, 5.41) is 9.73. The summed E-state index contributed by atoms with van der Waals surface area (Å²) in [6, 6.07) is 11.0. The van der Waals surface area contributed by atoms with Crippen LogP contribution < -0.4 is 16.0 Å². The molecule has 0 saturated heterocycles. The molecule has 1 amide bonds. The summed E-state index contributed by atoms with van der Waals surface area (Å²) in [6.45, 7) is 1.79. The van der Waals surface area contributed by atoms with Crippen LogP contribution in [0.3, 0.4) is 0 Å². The first kappa shape index (κ1) is 23.6. The molecule has 2 rings (SSSR count). The largest absolute Gasteiger partial charge is 0.356 e. The van der Waals surface area contributed by atoms with E-state index in [-0.39, 0.29) is 29.9 Å². The molecule has 0 radical (unpaired) electrons. The molecule has 1 aromatic heterocycles. The van der Waals surface area contributed by atoms with Crippen molar-refractivity contribution in [2.75, 3.05) is 26.7 Å². The van der Waals surface area contributed by atoms with E-state index in [1.807, 2.05) is 18.2 Å². The van der Waals surface area contributed by atoms with E-state index in [9.17, 15) is 4.79 Å². The Morgan fingerprint density at radius 1 is 1.07 bits per heavy atom. The number of hydrogen-bond donors (Lipinski definition) is 3. The third kappa shape index (κ3) is 8.89. The summed E-state index contributed by atoms with van der Waals surface area (Å²) in [7, 11) is 1.71. The molecular formula is C18H22BrClIN5O. The van der Waals surface area contributed by atoms with Gasteiger partial charge in [-0.1, -0.05) is 33.6 Å². The summed E-state index contributed by atoms with van der Waals surface area (Å²) in [5.41, 5.74) is 1.73. The van der Waals surface area contributed by atoms with E-state index in [1.54, 1.807) is 31.4 Å². The molecule has 0 fully saturated rings. The number of nitrogens with one attached hydrogen (secondary N) is 3. The number of aliphatic imine (C=N–C) groups is 1. The van der Waals surface area contributed by atoms with Gasteiger partial charge in [-0.25, -0.2) is 4.98 Å². The lowest BCUT2D eigenvalue weighted by Crippen LogP contribution is -2.42. The Kier molecular flexibility index (Phi) is 11.3. The lowest BCUT2D eigenvalue weighted by atomic mass is 10.2. The maximum atomic E-state index is 12.0. The standard InChI is InChI=1S/C18H21BrClN5O.HI/c1-21-18(23-9-8-13-2-7-16(20)25-12-13)24-11-10-22-17(26)14-3-5-15(19)6-4-14;/h2-7,12H,8-11H2,1H3,(H,22,26)(H2,21,23,24);1H. The van der Waals surface area contributed by atoms with Gasteiger partial charge in [-0.2, -0.15) is 0 Å². The topological polar surface area (TPSA) is 78.4 Å². The van der Waals surface area contributed by atoms with Gasteiger partial charge in [0, 0.05) is 42.9 Å². The van der Waals surface area contributed by atoms with Crippen LogP contribution in [0.2, 0.25) is 5.15 Å². The summed E-state index contributed by atoms with van der Waals surface area (Å²) < 4.78 is 0.944. The molecule has 0 unspecified atom stereocenters. The molecule has 1 aromatic carbocycles. The number of hydrogen-bond acceptors (Lipinski definition) is 3. The number of carbonyl (C=O) groups is 1. The number of carbonyl (C=O) groups excluding carboxylic acids is 1. The first-order valence-corrected chi connectivity index (χ1v) is 9.34. The van der Waals surface area contributed by atoms with E-state index in [0.29, 0.717) is 36.3 Å². The minimum Gasteiger partial charge on any atom is -0.356 e. The molecule has 0 atom stereocenters. The zero-order chi connectivity index (χ0) is 18.8. The summed E-state index contributed by atoms with van der Waals surface area (Å²) in [5.74, 6) is 0.585. The minimum absolute atomic E-state index is 0. The number of rotatable bonds is 7. The van der Waals surface area contributed by atoms with Crippen LogP contribution in [0.5, 0.6) is 0 Å². The van der Waals surface area contributed by atoms with Crippen LogP contribution in [0.1, 0.15) is 15.9 Å². The fraction of sp³-hybridized carbons (Fsp3) is 0.278. The van der Waals surface area contributed by atoms with E-state index in [4.69, 9.17) is 11.6 Å². The van der Waals surface area contributed by atoms with Gasteiger partial charge in [-0.3, -0.25) is 9.79 Å². The smallest absolute Gasteiger partial charge is 0.251 e. The quantitative estimate of drug-likeness (QED) is 0.158. The lowest BCUT2D eigenvalue weighted by Gasteiger charge is -2.12. The highest BCUT2D eigenvalue weighted by molar-refractivity contribution is 14.0. The second-order valence-electron chi connectivity index (χ2n) is 5.43. The molecule has 1 heterocycles. The van der Waals surface area contributed by atoms with Crippen molar-refractivity contribution in [1.29, 1.82) is 0 Å². The second-order valence-corrected chi connectivity index (χ2v) is 6.73. The zero-order valence-electron chi connectivity index (χ0n) is 14.8. The van der Waals surface area contributed by atoms with Gasteiger partial charge in [0.1, 0.15) is 5.15 Å². The predicted octanol–water partition coefficient (Wildman–Crippen LogP) is 3.25. The molecule has 0 aliphatic heterocycles. The van der Waals surface area contributed by atoms with Gasteiger partial charge in [-0.05, 0) is 42.3 Å². The normalized spacial score (nSPS) is 10.7. The highest BCUT2D eigenvalue weighted by atomic mass is 127. The van der Waals surface area contributed by atoms with Crippen molar-refractivity contribution in [3.05, 3.63) is 63.3 Å². The molecule has 0 aliphatic rings. The Labute approximate surface area is 189 Å². The minimum atomic E-state index is -0.0996. The predicted molar refractivity (Wildman–Crippen MR) is 124 cm³/mol. The molecule has 9 heteroatoms. The second kappa shape index (κ2) is 12.9. The number of benzene rings is 1. The molecular weight excluding hydrogens is 544 g/mol. The third-order valence-electron chi connectivity index (χ3n) is 3.53. The van der Waals surface area contributed by atoms with Crippen LogP contribution in [0, 0.1) is 0 Å². The summed E-state index contributed by atoms with van der Waals surface area (Å²) in [6.07, 6.45) is 2.57. The number of aromatic nitrogens is 1. The third-order valence-corrected chi connectivity index (χ3v) is 4.28. The molecule has 0 saturated carbocycles. The van der Waals surface area contributed by atoms with Crippen LogP contribution in [0.15, 0.2) is 52.1 Å². The molecule has 27 heavy (non-hydrogen) atoms. The Morgan fingerprint density at radius 3 is 2.37 bits per heavy atom. The van der Waals surface area contributed by atoms with E-state index >= 15 is 0 Å². The zero-order valence-corrected chi connectivity index (χ0v) is 19.5. The van der Waals surface area contributed by atoms with Crippen LogP contribution >= 0.6 is 51.5 Å². The van der Waals surface area contributed by atoms with Crippen molar-refractivity contribution in [3.8, 4) is 0 Å².